The van der Waals surface area contributed by atoms with Crippen LogP contribution in [0.4, 0.5) is 0 Å². The van der Waals surface area contributed by atoms with Crippen LogP contribution in [-0.2, 0) is 11.3 Å². The fourth-order valence-corrected chi connectivity index (χ4v) is 2.57. The third-order valence-electron chi connectivity index (χ3n) is 3.50. The molecule has 1 aromatic rings. The van der Waals surface area contributed by atoms with Gasteiger partial charge < -0.3 is 9.47 Å². The summed E-state index contributed by atoms with van der Waals surface area (Å²) in [6.07, 6.45) is 6.90. The van der Waals surface area contributed by atoms with Gasteiger partial charge in [0.25, 0.3) is 0 Å². The van der Waals surface area contributed by atoms with Crippen LogP contribution < -0.4 is 4.74 Å². The van der Waals surface area contributed by atoms with Crippen molar-refractivity contribution in [3.63, 3.8) is 0 Å². The number of hydrogen-bond donors (Lipinski definition) is 1. The van der Waals surface area contributed by atoms with Gasteiger partial charge in [-0.1, -0.05) is 6.92 Å². The minimum atomic E-state index is 0.161. The molecule has 1 aromatic heterocycles. The Bertz CT molecular complexity index is 362. The number of rotatable bonds is 6. The van der Waals surface area contributed by atoms with Crippen LogP contribution in [0.2, 0.25) is 0 Å². The van der Waals surface area contributed by atoms with Gasteiger partial charge in [0.2, 0.25) is 0 Å². The Balaban J connectivity index is 1.88. The zero-order chi connectivity index (χ0) is 12.8. The summed E-state index contributed by atoms with van der Waals surface area (Å²) in [5.74, 6) is 1.70. The summed E-state index contributed by atoms with van der Waals surface area (Å²) in [5, 5.41) is 4.27. The Kier molecular flexibility index (Phi) is 4.95. The molecule has 0 spiro atoms. The Morgan fingerprint density at radius 2 is 2.28 bits per heavy atom. The Morgan fingerprint density at radius 1 is 1.50 bits per heavy atom. The SMILES string of the molecule is CCCn1cc(OCC2(CS)CCOCC2)cn1. The topological polar surface area (TPSA) is 36.3 Å². The zero-order valence-electron chi connectivity index (χ0n) is 11.0. The van der Waals surface area contributed by atoms with Crippen LogP contribution in [0.3, 0.4) is 0 Å². The number of aryl methyl sites for hydroxylation is 1. The minimum absolute atomic E-state index is 0.161. The van der Waals surface area contributed by atoms with E-state index in [0.29, 0.717) is 6.61 Å². The van der Waals surface area contributed by atoms with Gasteiger partial charge in [0.15, 0.2) is 5.75 Å². The molecule has 0 unspecified atom stereocenters. The minimum Gasteiger partial charge on any atom is -0.490 e. The number of thiol groups is 1. The highest BCUT2D eigenvalue weighted by Crippen LogP contribution is 2.32. The first-order chi connectivity index (χ1) is 8.78. The van der Waals surface area contributed by atoms with Crippen molar-refractivity contribution < 1.29 is 9.47 Å². The number of ether oxygens (including phenoxy) is 2. The maximum absolute atomic E-state index is 5.88. The first-order valence-corrected chi connectivity index (χ1v) is 7.25. The Morgan fingerprint density at radius 3 is 2.94 bits per heavy atom. The molecule has 4 nitrogen and oxygen atoms in total. The van der Waals surface area contributed by atoms with E-state index in [2.05, 4.69) is 24.7 Å². The molecular formula is C13H22N2O2S. The van der Waals surface area contributed by atoms with Gasteiger partial charge in [-0.15, -0.1) is 0 Å². The van der Waals surface area contributed by atoms with Crippen LogP contribution in [-0.4, -0.2) is 35.4 Å². The predicted molar refractivity (Wildman–Crippen MR) is 74.4 cm³/mol. The van der Waals surface area contributed by atoms with Crippen LogP contribution >= 0.6 is 12.6 Å². The van der Waals surface area contributed by atoms with Crippen molar-refractivity contribution in [3.8, 4) is 5.75 Å². The van der Waals surface area contributed by atoms with Crippen molar-refractivity contribution in [1.29, 1.82) is 0 Å². The molecule has 102 valence electrons. The van der Waals surface area contributed by atoms with E-state index >= 15 is 0 Å². The smallest absolute Gasteiger partial charge is 0.157 e. The second-order valence-electron chi connectivity index (χ2n) is 5.00. The zero-order valence-corrected chi connectivity index (χ0v) is 11.9. The second kappa shape index (κ2) is 6.48. The van der Waals surface area contributed by atoms with Gasteiger partial charge in [0.1, 0.15) is 0 Å². The lowest BCUT2D eigenvalue weighted by atomic mass is 9.83. The number of hydrogen-bond acceptors (Lipinski definition) is 4. The summed E-state index contributed by atoms with van der Waals surface area (Å²) in [5.41, 5.74) is 0.161. The third kappa shape index (κ3) is 3.42. The van der Waals surface area contributed by atoms with Gasteiger partial charge >= 0.3 is 0 Å². The standard InChI is InChI=1S/C13H22N2O2S/c1-2-5-15-9-12(8-14-15)17-10-13(11-18)3-6-16-7-4-13/h8-9,18H,2-7,10-11H2,1H3. The second-order valence-corrected chi connectivity index (χ2v) is 5.31. The van der Waals surface area contributed by atoms with Crippen LogP contribution in [0.1, 0.15) is 26.2 Å². The maximum Gasteiger partial charge on any atom is 0.157 e. The number of aromatic nitrogens is 2. The van der Waals surface area contributed by atoms with Crippen LogP contribution in [0.25, 0.3) is 0 Å². The van der Waals surface area contributed by atoms with E-state index in [1.807, 2.05) is 10.9 Å². The average Bonchev–Trinajstić information content (AvgIpc) is 2.86. The first-order valence-electron chi connectivity index (χ1n) is 6.62. The quantitative estimate of drug-likeness (QED) is 0.806. The normalized spacial score (nSPS) is 18.8. The average molecular weight is 270 g/mol. The fourth-order valence-electron chi connectivity index (χ4n) is 2.16. The summed E-state index contributed by atoms with van der Waals surface area (Å²) in [6, 6.07) is 0. The first kappa shape index (κ1) is 13.7. The third-order valence-corrected chi connectivity index (χ3v) is 4.17. The molecule has 1 saturated heterocycles. The molecule has 0 aromatic carbocycles. The molecule has 2 heterocycles. The van der Waals surface area contributed by atoms with E-state index in [0.717, 1.165) is 50.5 Å². The van der Waals surface area contributed by atoms with Gasteiger partial charge in [-0.05, 0) is 25.0 Å². The molecule has 0 amide bonds. The lowest BCUT2D eigenvalue weighted by molar-refractivity contribution is 0.00309. The van der Waals surface area contributed by atoms with Crippen LogP contribution in [0.5, 0.6) is 5.75 Å². The number of nitrogens with zero attached hydrogens (tertiary/aromatic N) is 2. The molecule has 0 bridgehead atoms. The predicted octanol–water partition coefficient (Wildman–Crippen LogP) is 2.40. The van der Waals surface area contributed by atoms with Crippen molar-refractivity contribution in [2.45, 2.75) is 32.7 Å². The van der Waals surface area contributed by atoms with E-state index in [-0.39, 0.29) is 5.41 Å². The van der Waals surface area contributed by atoms with Crippen molar-refractivity contribution in [2.24, 2.45) is 5.41 Å². The largest absolute Gasteiger partial charge is 0.490 e. The van der Waals surface area contributed by atoms with E-state index in [4.69, 9.17) is 9.47 Å². The molecule has 18 heavy (non-hydrogen) atoms. The van der Waals surface area contributed by atoms with Crippen molar-refractivity contribution in [1.82, 2.24) is 9.78 Å². The molecule has 1 fully saturated rings. The van der Waals surface area contributed by atoms with E-state index in [1.165, 1.54) is 0 Å². The fraction of sp³-hybridized carbons (Fsp3) is 0.769. The van der Waals surface area contributed by atoms with E-state index in [1.54, 1.807) is 6.20 Å². The Labute approximate surface area is 114 Å². The van der Waals surface area contributed by atoms with E-state index in [9.17, 15) is 0 Å². The molecule has 0 N–H and O–H groups in total. The summed E-state index contributed by atoms with van der Waals surface area (Å²) < 4.78 is 13.2. The molecule has 1 aliphatic heterocycles. The molecule has 2 rings (SSSR count). The maximum atomic E-state index is 5.88. The molecular weight excluding hydrogens is 248 g/mol. The molecule has 1 aliphatic rings. The highest BCUT2D eigenvalue weighted by molar-refractivity contribution is 7.80. The molecule has 0 aliphatic carbocycles. The molecule has 0 radical (unpaired) electrons. The molecule has 5 heteroatoms. The van der Waals surface area contributed by atoms with Gasteiger partial charge in [-0.3, -0.25) is 4.68 Å². The van der Waals surface area contributed by atoms with Crippen LogP contribution in [0, 0.1) is 5.41 Å². The summed E-state index contributed by atoms with van der Waals surface area (Å²) in [4.78, 5) is 0. The van der Waals surface area contributed by atoms with Crippen molar-refractivity contribution in [3.05, 3.63) is 12.4 Å². The van der Waals surface area contributed by atoms with Gasteiger partial charge in [0, 0.05) is 25.2 Å². The Hall–Kier alpha value is -0.680. The lowest BCUT2D eigenvalue weighted by Crippen LogP contribution is -2.36. The molecule has 0 atom stereocenters. The lowest BCUT2D eigenvalue weighted by Gasteiger charge is -2.35. The monoisotopic (exact) mass is 270 g/mol. The summed E-state index contributed by atoms with van der Waals surface area (Å²) in [6.45, 7) is 5.42. The highest BCUT2D eigenvalue weighted by atomic mass is 32.1. The van der Waals surface area contributed by atoms with Gasteiger partial charge in [0.05, 0.1) is 19.0 Å². The van der Waals surface area contributed by atoms with Crippen molar-refractivity contribution >= 4 is 12.6 Å². The van der Waals surface area contributed by atoms with Gasteiger partial charge in [-0.2, -0.15) is 17.7 Å². The van der Waals surface area contributed by atoms with E-state index < -0.39 is 0 Å². The molecule has 0 saturated carbocycles. The summed E-state index contributed by atoms with van der Waals surface area (Å²) >= 11 is 4.48. The summed E-state index contributed by atoms with van der Waals surface area (Å²) in [7, 11) is 0. The van der Waals surface area contributed by atoms with Crippen LogP contribution in [0.15, 0.2) is 12.4 Å². The van der Waals surface area contributed by atoms with Gasteiger partial charge in [-0.25, -0.2) is 0 Å². The van der Waals surface area contributed by atoms with Crippen molar-refractivity contribution in [2.75, 3.05) is 25.6 Å². The highest BCUT2D eigenvalue weighted by Gasteiger charge is 2.32.